The second kappa shape index (κ2) is 10.1. The molecule has 7 heteroatoms. The monoisotopic (exact) mass is 514 g/mol. The van der Waals surface area contributed by atoms with Gasteiger partial charge in [0.1, 0.15) is 17.7 Å². The molecule has 7 nitrogen and oxygen atoms in total. The van der Waals surface area contributed by atoms with E-state index in [1.165, 1.54) is 4.90 Å². The van der Waals surface area contributed by atoms with Gasteiger partial charge in [-0.05, 0) is 74.6 Å². The van der Waals surface area contributed by atoms with Crippen LogP contribution in [0.1, 0.15) is 57.7 Å². The van der Waals surface area contributed by atoms with Crippen LogP contribution in [0.15, 0.2) is 66.7 Å². The third-order valence-electron chi connectivity index (χ3n) is 7.21. The number of para-hydroxylation sites is 1. The molecular formula is C31H34N2O5. The van der Waals surface area contributed by atoms with Crippen LogP contribution in [0.25, 0.3) is 10.8 Å². The number of rotatable bonds is 4. The summed E-state index contributed by atoms with van der Waals surface area (Å²) in [7, 11) is 0. The van der Waals surface area contributed by atoms with Crippen LogP contribution < -0.4 is 4.90 Å². The van der Waals surface area contributed by atoms with Crippen molar-refractivity contribution in [1.82, 2.24) is 4.90 Å². The van der Waals surface area contributed by atoms with Gasteiger partial charge in [0.15, 0.2) is 0 Å². The molecule has 1 saturated heterocycles. The molecule has 0 radical (unpaired) electrons. The van der Waals surface area contributed by atoms with E-state index in [9.17, 15) is 14.4 Å². The first-order chi connectivity index (χ1) is 18.2. The van der Waals surface area contributed by atoms with E-state index in [1.54, 1.807) is 32.6 Å². The van der Waals surface area contributed by atoms with E-state index in [0.717, 1.165) is 21.9 Å². The minimum atomic E-state index is -0.819. The van der Waals surface area contributed by atoms with Gasteiger partial charge in [0.2, 0.25) is 5.91 Å². The number of amides is 2. The number of esters is 1. The molecule has 2 aliphatic rings. The SMILES string of the molecule is CCOC(=O)[C@H]1CC[C@@H](c2ccc3ccccc3c2)N1C(=O)[C@H]1Cc2ccccc2N1C(=O)OC(C)(C)C. The predicted molar refractivity (Wildman–Crippen MR) is 146 cm³/mol. The molecule has 38 heavy (non-hydrogen) atoms. The largest absolute Gasteiger partial charge is 0.464 e. The van der Waals surface area contributed by atoms with Gasteiger partial charge in [0.05, 0.1) is 18.3 Å². The molecule has 0 aromatic heterocycles. The molecule has 3 aromatic rings. The number of benzene rings is 3. The highest BCUT2D eigenvalue weighted by Crippen LogP contribution is 2.41. The molecule has 0 N–H and O–H groups in total. The highest BCUT2D eigenvalue weighted by Gasteiger charge is 2.49. The minimum Gasteiger partial charge on any atom is -0.464 e. The van der Waals surface area contributed by atoms with Crippen LogP contribution in [-0.2, 0) is 25.5 Å². The third-order valence-corrected chi connectivity index (χ3v) is 7.21. The minimum absolute atomic E-state index is 0.233. The van der Waals surface area contributed by atoms with E-state index in [2.05, 4.69) is 6.07 Å². The highest BCUT2D eigenvalue weighted by atomic mass is 16.6. The van der Waals surface area contributed by atoms with E-state index in [0.29, 0.717) is 24.9 Å². The van der Waals surface area contributed by atoms with Gasteiger partial charge in [-0.3, -0.25) is 9.69 Å². The van der Waals surface area contributed by atoms with Crippen LogP contribution in [-0.4, -0.2) is 47.2 Å². The molecular weight excluding hydrogens is 480 g/mol. The van der Waals surface area contributed by atoms with Crippen molar-refractivity contribution in [2.45, 2.75) is 70.7 Å². The molecule has 3 aromatic carbocycles. The first kappa shape index (κ1) is 25.8. The number of fused-ring (bicyclic) bond motifs is 2. The smallest absolute Gasteiger partial charge is 0.415 e. The number of nitrogens with zero attached hydrogens (tertiary/aromatic N) is 2. The highest BCUT2D eigenvalue weighted by molar-refractivity contribution is 6.02. The van der Waals surface area contributed by atoms with Crippen LogP contribution in [0.4, 0.5) is 10.5 Å². The number of hydrogen-bond acceptors (Lipinski definition) is 5. The summed E-state index contributed by atoms with van der Waals surface area (Å²) in [4.78, 5) is 44.0. The first-order valence-corrected chi connectivity index (χ1v) is 13.3. The van der Waals surface area contributed by atoms with Crippen LogP contribution in [0.3, 0.4) is 0 Å². The normalized spacial score (nSPS) is 20.9. The number of carbonyl (C=O) groups is 3. The van der Waals surface area contributed by atoms with Gasteiger partial charge < -0.3 is 14.4 Å². The maximum absolute atomic E-state index is 14.4. The van der Waals surface area contributed by atoms with Crippen LogP contribution in [0, 0.1) is 0 Å². The molecule has 5 rings (SSSR count). The Labute approximate surface area is 223 Å². The van der Waals surface area contributed by atoms with Gasteiger partial charge in [0, 0.05) is 6.42 Å². The van der Waals surface area contributed by atoms with E-state index in [4.69, 9.17) is 9.47 Å². The standard InChI is InChI=1S/C31H34N2O5/c1-5-37-29(35)26-17-16-25(23-15-14-20-10-6-7-11-21(20)18-23)32(26)28(34)27-19-22-12-8-9-13-24(22)33(27)30(36)38-31(2,3)4/h6-15,18,25-27H,5,16-17,19H2,1-4H3/t25-,26+,27+/m0/s1. The summed E-state index contributed by atoms with van der Waals surface area (Å²) in [5.74, 6) is -0.691. The summed E-state index contributed by atoms with van der Waals surface area (Å²) in [5.41, 5.74) is 1.79. The van der Waals surface area contributed by atoms with E-state index in [-0.39, 0.29) is 18.6 Å². The maximum Gasteiger partial charge on any atom is 0.415 e. The summed E-state index contributed by atoms with van der Waals surface area (Å²) < 4.78 is 11.1. The van der Waals surface area contributed by atoms with E-state index in [1.807, 2.05) is 60.7 Å². The second-order valence-corrected chi connectivity index (χ2v) is 10.9. The fourth-order valence-corrected chi connectivity index (χ4v) is 5.62. The van der Waals surface area contributed by atoms with Gasteiger partial charge in [-0.1, -0.05) is 54.6 Å². The quantitative estimate of drug-likeness (QED) is 0.411. The average Bonchev–Trinajstić information content (AvgIpc) is 3.50. The molecule has 3 atom stereocenters. The lowest BCUT2D eigenvalue weighted by Gasteiger charge is -2.35. The van der Waals surface area contributed by atoms with Gasteiger partial charge in [0.25, 0.3) is 0 Å². The Kier molecular flexibility index (Phi) is 6.86. The summed E-state index contributed by atoms with van der Waals surface area (Å²) in [6, 6.07) is 19.9. The number of ether oxygens (including phenoxy) is 2. The van der Waals surface area contributed by atoms with Crippen molar-refractivity contribution in [2.24, 2.45) is 0 Å². The first-order valence-electron chi connectivity index (χ1n) is 13.3. The van der Waals surface area contributed by atoms with Gasteiger partial charge in [-0.15, -0.1) is 0 Å². The Bertz CT molecular complexity index is 1380. The summed E-state index contributed by atoms with van der Waals surface area (Å²) >= 11 is 0. The second-order valence-electron chi connectivity index (χ2n) is 10.9. The van der Waals surface area contributed by atoms with Crippen molar-refractivity contribution in [3.63, 3.8) is 0 Å². The van der Waals surface area contributed by atoms with Crippen molar-refractivity contribution in [1.29, 1.82) is 0 Å². The molecule has 2 heterocycles. The van der Waals surface area contributed by atoms with E-state index < -0.39 is 29.7 Å². The molecule has 2 aliphatic heterocycles. The lowest BCUT2D eigenvalue weighted by molar-refractivity contribution is -0.154. The van der Waals surface area contributed by atoms with Crippen LogP contribution in [0.2, 0.25) is 0 Å². The fraction of sp³-hybridized carbons (Fsp3) is 0.387. The zero-order valence-electron chi connectivity index (χ0n) is 22.3. The molecule has 0 aliphatic carbocycles. The average molecular weight is 515 g/mol. The molecule has 0 spiro atoms. The lowest BCUT2D eigenvalue weighted by Crippen LogP contribution is -2.54. The van der Waals surface area contributed by atoms with Crippen molar-refractivity contribution in [3.8, 4) is 0 Å². The molecule has 2 amide bonds. The van der Waals surface area contributed by atoms with Crippen molar-refractivity contribution < 1.29 is 23.9 Å². The molecule has 0 bridgehead atoms. The Hall–Kier alpha value is -3.87. The number of carbonyl (C=O) groups excluding carboxylic acids is 3. The number of likely N-dealkylation sites (tertiary alicyclic amines) is 1. The molecule has 0 unspecified atom stereocenters. The Morgan fingerprint density at radius 3 is 2.34 bits per heavy atom. The maximum atomic E-state index is 14.4. The Morgan fingerprint density at radius 1 is 0.895 bits per heavy atom. The summed E-state index contributed by atoms with van der Waals surface area (Å²) in [6.07, 6.45) is 0.897. The van der Waals surface area contributed by atoms with Gasteiger partial charge in [-0.2, -0.15) is 0 Å². The van der Waals surface area contributed by atoms with Crippen molar-refractivity contribution in [2.75, 3.05) is 11.5 Å². The predicted octanol–water partition coefficient (Wildman–Crippen LogP) is 5.80. The van der Waals surface area contributed by atoms with Crippen molar-refractivity contribution >= 4 is 34.4 Å². The molecule has 198 valence electrons. The molecule has 1 fully saturated rings. The van der Waals surface area contributed by atoms with Crippen LogP contribution in [0.5, 0.6) is 0 Å². The molecule has 0 saturated carbocycles. The summed E-state index contributed by atoms with van der Waals surface area (Å²) in [6.45, 7) is 7.40. The summed E-state index contributed by atoms with van der Waals surface area (Å²) in [5, 5.41) is 2.18. The third kappa shape index (κ3) is 4.85. The lowest BCUT2D eigenvalue weighted by atomic mass is 9.99. The van der Waals surface area contributed by atoms with Gasteiger partial charge in [-0.25, -0.2) is 9.59 Å². The van der Waals surface area contributed by atoms with Crippen LogP contribution >= 0.6 is 0 Å². The van der Waals surface area contributed by atoms with Gasteiger partial charge >= 0.3 is 12.1 Å². The zero-order valence-corrected chi connectivity index (χ0v) is 22.3. The van der Waals surface area contributed by atoms with E-state index >= 15 is 0 Å². The Balaban J connectivity index is 1.54. The topological polar surface area (TPSA) is 76.2 Å². The number of anilines is 1. The fourth-order valence-electron chi connectivity index (χ4n) is 5.62. The zero-order chi connectivity index (χ0) is 27.0. The van der Waals surface area contributed by atoms with Crippen molar-refractivity contribution in [3.05, 3.63) is 77.9 Å². The Morgan fingerprint density at radius 2 is 1.61 bits per heavy atom. The number of hydrogen-bond donors (Lipinski definition) is 0.